The lowest BCUT2D eigenvalue weighted by Gasteiger charge is -2.43. The van der Waals surface area contributed by atoms with Gasteiger partial charge >= 0.3 is 5.97 Å². The van der Waals surface area contributed by atoms with Gasteiger partial charge in [0.1, 0.15) is 18.3 Å². The fourth-order valence-electron chi connectivity index (χ4n) is 1.87. The summed E-state index contributed by atoms with van der Waals surface area (Å²) in [5, 5.41) is 47.0. The molecule has 0 aromatic carbocycles. The Hall–Kier alpha value is -0.730. The Morgan fingerprint density at radius 3 is 2.38 bits per heavy atom. The van der Waals surface area contributed by atoms with Crippen molar-refractivity contribution in [1.82, 2.24) is 0 Å². The molecule has 16 heavy (non-hydrogen) atoms. The lowest BCUT2D eigenvalue weighted by molar-refractivity contribution is -0.237. The second kappa shape index (κ2) is 4.64. The fourth-order valence-corrected chi connectivity index (χ4v) is 1.87. The van der Waals surface area contributed by atoms with Crippen molar-refractivity contribution in [3.05, 3.63) is 0 Å². The molecule has 0 amide bonds. The summed E-state index contributed by atoms with van der Waals surface area (Å²) in [6, 6.07) is 0. The van der Waals surface area contributed by atoms with Crippen LogP contribution < -0.4 is 0 Å². The van der Waals surface area contributed by atoms with E-state index >= 15 is 0 Å². The van der Waals surface area contributed by atoms with E-state index in [0.717, 1.165) is 0 Å². The first-order valence-corrected chi connectivity index (χ1v) is 4.96. The minimum absolute atomic E-state index is 0.0696. The molecule has 1 saturated carbocycles. The maximum absolute atomic E-state index is 10.9. The van der Waals surface area contributed by atoms with Gasteiger partial charge in [-0.3, -0.25) is 0 Å². The first-order chi connectivity index (χ1) is 7.34. The van der Waals surface area contributed by atoms with Crippen molar-refractivity contribution in [2.45, 2.75) is 43.4 Å². The van der Waals surface area contributed by atoms with Crippen molar-refractivity contribution in [1.29, 1.82) is 0 Å². The van der Waals surface area contributed by atoms with Crippen molar-refractivity contribution in [3.8, 4) is 0 Å². The molecule has 0 aliphatic heterocycles. The number of hydrogen-bond acceptors (Lipinski definition) is 6. The third kappa shape index (κ3) is 2.04. The monoisotopic (exact) mass is 236 g/mol. The van der Waals surface area contributed by atoms with E-state index in [-0.39, 0.29) is 6.61 Å². The van der Waals surface area contributed by atoms with Crippen LogP contribution in [-0.4, -0.2) is 68.1 Å². The first-order valence-electron chi connectivity index (χ1n) is 4.96. The van der Waals surface area contributed by atoms with E-state index in [1.807, 2.05) is 0 Å². The van der Waals surface area contributed by atoms with E-state index in [9.17, 15) is 25.2 Å². The molecule has 0 bridgehead atoms. The number of carboxylic acids is 1. The van der Waals surface area contributed by atoms with Gasteiger partial charge in [-0.25, -0.2) is 4.79 Å². The molecule has 5 N–H and O–H groups in total. The second-order valence-corrected chi connectivity index (χ2v) is 3.86. The highest BCUT2D eigenvalue weighted by molar-refractivity contribution is 5.78. The highest BCUT2D eigenvalue weighted by atomic mass is 16.5. The Morgan fingerprint density at radius 1 is 1.38 bits per heavy atom. The number of aliphatic hydroxyl groups is 4. The minimum atomic E-state index is -2.39. The van der Waals surface area contributed by atoms with E-state index in [4.69, 9.17) is 9.84 Å². The molecular weight excluding hydrogens is 220 g/mol. The zero-order valence-electron chi connectivity index (χ0n) is 8.78. The van der Waals surface area contributed by atoms with Gasteiger partial charge in [0.2, 0.25) is 0 Å². The third-order valence-corrected chi connectivity index (χ3v) is 2.76. The van der Waals surface area contributed by atoms with Crippen LogP contribution in [0.4, 0.5) is 0 Å². The number of aliphatic hydroxyl groups excluding tert-OH is 3. The van der Waals surface area contributed by atoms with Gasteiger partial charge in [0, 0.05) is 13.0 Å². The summed E-state index contributed by atoms with van der Waals surface area (Å²) in [5.41, 5.74) is -2.39. The average Bonchev–Trinajstić information content (AvgIpc) is 2.21. The van der Waals surface area contributed by atoms with Crippen LogP contribution in [0.5, 0.6) is 0 Å². The van der Waals surface area contributed by atoms with Crippen LogP contribution in [0.25, 0.3) is 0 Å². The topological polar surface area (TPSA) is 127 Å². The summed E-state index contributed by atoms with van der Waals surface area (Å²) in [5.74, 6) is -1.60. The van der Waals surface area contributed by atoms with Crippen molar-refractivity contribution >= 4 is 5.97 Å². The Labute approximate surface area is 91.9 Å². The average molecular weight is 236 g/mol. The summed E-state index contributed by atoms with van der Waals surface area (Å²) in [4.78, 5) is 10.9. The molecule has 1 aliphatic carbocycles. The van der Waals surface area contributed by atoms with E-state index in [2.05, 4.69) is 0 Å². The highest BCUT2D eigenvalue weighted by Crippen LogP contribution is 2.32. The molecule has 7 heteroatoms. The van der Waals surface area contributed by atoms with E-state index in [1.54, 1.807) is 6.92 Å². The minimum Gasteiger partial charge on any atom is -0.479 e. The number of carboxylic acid groups (broad SMARTS) is 1. The van der Waals surface area contributed by atoms with E-state index in [1.165, 1.54) is 0 Å². The molecule has 7 nitrogen and oxygen atoms in total. The fraction of sp³-hybridized carbons (Fsp3) is 0.889. The van der Waals surface area contributed by atoms with Crippen LogP contribution >= 0.6 is 0 Å². The summed E-state index contributed by atoms with van der Waals surface area (Å²) in [7, 11) is 0. The Bertz CT molecular complexity index is 269. The van der Waals surface area contributed by atoms with Gasteiger partial charge in [0.25, 0.3) is 0 Å². The molecule has 0 heterocycles. The lowest BCUT2D eigenvalue weighted by Crippen LogP contribution is -2.66. The molecule has 0 aromatic rings. The van der Waals surface area contributed by atoms with Crippen molar-refractivity contribution in [2.75, 3.05) is 6.61 Å². The van der Waals surface area contributed by atoms with Gasteiger partial charge in [0.15, 0.2) is 5.60 Å². The van der Waals surface area contributed by atoms with Gasteiger partial charge in [0.05, 0.1) is 6.10 Å². The number of aliphatic carboxylic acids is 1. The molecule has 1 rings (SSSR count). The smallest absolute Gasteiger partial charge is 0.338 e. The Balaban J connectivity index is 3.00. The molecule has 94 valence electrons. The van der Waals surface area contributed by atoms with Gasteiger partial charge < -0.3 is 30.3 Å². The maximum Gasteiger partial charge on any atom is 0.338 e. The van der Waals surface area contributed by atoms with Crippen LogP contribution in [0.3, 0.4) is 0 Å². The van der Waals surface area contributed by atoms with Crippen LogP contribution in [0, 0.1) is 0 Å². The molecule has 5 atom stereocenters. The SMILES string of the molecule is CCOC1[C@@H](O)C(O)[C@H](O)CC1(O)C(=O)O. The van der Waals surface area contributed by atoms with Crippen LogP contribution in [0.15, 0.2) is 0 Å². The molecular formula is C9H16O7. The number of carbonyl (C=O) groups is 1. The largest absolute Gasteiger partial charge is 0.479 e. The predicted molar refractivity (Wildman–Crippen MR) is 50.6 cm³/mol. The summed E-state index contributed by atoms with van der Waals surface area (Å²) in [6.45, 7) is 1.63. The lowest BCUT2D eigenvalue weighted by atomic mass is 9.77. The van der Waals surface area contributed by atoms with Gasteiger partial charge in [-0.2, -0.15) is 0 Å². The Morgan fingerprint density at radius 2 is 1.94 bits per heavy atom. The van der Waals surface area contributed by atoms with E-state index < -0.39 is 42.4 Å². The van der Waals surface area contributed by atoms with Crippen molar-refractivity contribution < 1.29 is 35.1 Å². The summed E-state index contributed by atoms with van der Waals surface area (Å²) < 4.78 is 4.94. The molecule has 0 radical (unpaired) electrons. The molecule has 1 aliphatic rings. The van der Waals surface area contributed by atoms with Crippen LogP contribution in [-0.2, 0) is 9.53 Å². The second-order valence-electron chi connectivity index (χ2n) is 3.86. The van der Waals surface area contributed by atoms with Gasteiger partial charge in [-0.15, -0.1) is 0 Å². The molecule has 3 unspecified atom stereocenters. The molecule has 0 spiro atoms. The highest BCUT2D eigenvalue weighted by Gasteiger charge is 2.57. The quantitative estimate of drug-likeness (QED) is 0.372. The third-order valence-electron chi connectivity index (χ3n) is 2.76. The normalized spacial score (nSPS) is 44.3. The summed E-state index contributed by atoms with van der Waals surface area (Å²) >= 11 is 0. The summed E-state index contributed by atoms with van der Waals surface area (Å²) in [6.07, 6.45) is -6.74. The van der Waals surface area contributed by atoms with Crippen LogP contribution in [0.1, 0.15) is 13.3 Å². The Kier molecular flexibility index (Phi) is 3.87. The van der Waals surface area contributed by atoms with Crippen LogP contribution in [0.2, 0.25) is 0 Å². The number of hydrogen-bond donors (Lipinski definition) is 5. The standard InChI is InChI=1S/C9H16O7/c1-2-16-7-6(12)5(11)4(10)3-9(7,15)8(13)14/h4-7,10-12,15H,2-3H2,1H3,(H,13,14)/t4-,5?,6+,7?,9?/m1/s1. The number of ether oxygens (including phenoxy) is 1. The first kappa shape index (κ1) is 13.3. The van der Waals surface area contributed by atoms with Gasteiger partial charge in [-0.1, -0.05) is 0 Å². The number of rotatable bonds is 3. The van der Waals surface area contributed by atoms with Crippen molar-refractivity contribution in [3.63, 3.8) is 0 Å². The zero-order valence-corrected chi connectivity index (χ0v) is 8.78. The van der Waals surface area contributed by atoms with Crippen molar-refractivity contribution in [2.24, 2.45) is 0 Å². The molecule has 1 fully saturated rings. The predicted octanol–water partition coefficient (Wildman–Crippen LogP) is -2.31. The molecule has 0 aromatic heterocycles. The van der Waals surface area contributed by atoms with E-state index in [0.29, 0.717) is 0 Å². The maximum atomic E-state index is 10.9. The van der Waals surface area contributed by atoms with Gasteiger partial charge in [-0.05, 0) is 6.92 Å². The molecule has 0 saturated heterocycles. The zero-order chi connectivity index (χ0) is 12.5.